The second-order valence-corrected chi connectivity index (χ2v) is 11.7. The predicted molar refractivity (Wildman–Crippen MR) is 161 cm³/mol. The van der Waals surface area contributed by atoms with E-state index < -0.39 is 48.3 Å². The first-order valence-corrected chi connectivity index (χ1v) is 14.8. The average Bonchev–Trinajstić information content (AvgIpc) is 3.49. The highest BCUT2D eigenvalue weighted by atomic mass is 19.3. The highest BCUT2D eigenvalue weighted by Crippen LogP contribution is 2.35. The first-order valence-electron chi connectivity index (χ1n) is 14.8. The molecule has 0 unspecified atom stereocenters. The minimum atomic E-state index is -3.07. The van der Waals surface area contributed by atoms with E-state index in [1.807, 2.05) is 0 Å². The van der Waals surface area contributed by atoms with Gasteiger partial charge < -0.3 is 29.6 Å². The molecule has 2 N–H and O–H groups in total. The van der Waals surface area contributed by atoms with Crippen LogP contribution in [0.25, 0.3) is 11.1 Å². The van der Waals surface area contributed by atoms with E-state index in [9.17, 15) is 28.4 Å². The number of anilines is 1. The molecule has 46 heavy (non-hydrogen) atoms. The summed E-state index contributed by atoms with van der Waals surface area (Å²) in [6, 6.07) is 7.89. The molecule has 14 heteroatoms. The van der Waals surface area contributed by atoms with Gasteiger partial charge in [-0.05, 0) is 62.1 Å². The molecule has 242 valence electrons. The number of ether oxygens (including phenoxy) is 2. The summed E-state index contributed by atoms with van der Waals surface area (Å²) in [6.07, 6.45) is 3.29. The van der Waals surface area contributed by atoms with Crippen LogP contribution in [0.15, 0.2) is 41.3 Å². The zero-order chi connectivity index (χ0) is 33.2. The third-order valence-electron chi connectivity index (χ3n) is 7.48. The molecule has 1 atom stereocenters. The topological polar surface area (TPSA) is 139 Å². The van der Waals surface area contributed by atoms with E-state index in [4.69, 9.17) is 9.47 Å². The Labute approximate surface area is 262 Å². The average molecular weight is 639 g/mol. The Hall–Kier alpha value is -4.74. The highest BCUT2D eigenvalue weighted by Gasteiger charge is 2.47. The predicted octanol–water partition coefficient (Wildman–Crippen LogP) is 3.86. The largest absolute Gasteiger partial charge is 0.475 e. The van der Waals surface area contributed by atoms with E-state index >= 15 is 4.39 Å². The number of nitriles is 1. The van der Waals surface area contributed by atoms with Gasteiger partial charge in [-0.25, -0.2) is 13.2 Å². The number of hydrogen-bond donors (Lipinski definition) is 2. The highest BCUT2D eigenvalue weighted by molar-refractivity contribution is 6.05. The summed E-state index contributed by atoms with van der Waals surface area (Å²) < 4.78 is 55.4. The van der Waals surface area contributed by atoms with Gasteiger partial charge in [0.15, 0.2) is 0 Å². The van der Waals surface area contributed by atoms with Crippen molar-refractivity contribution >= 4 is 17.6 Å². The molecular weight excluding hydrogens is 605 g/mol. The Morgan fingerprint density at radius 2 is 1.96 bits per heavy atom. The molecule has 0 bridgehead atoms. The van der Waals surface area contributed by atoms with Gasteiger partial charge in [-0.1, -0.05) is 0 Å². The minimum absolute atomic E-state index is 0.0264. The monoisotopic (exact) mass is 638 g/mol. The smallest absolute Gasteiger partial charge is 0.282 e. The lowest BCUT2D eigenvalue weighted by Gasteiger charge is -2.39. The molecule has 3 aromatic rings. The number of carbonyl (C=O) groups excluding carboxylic acids is 2. The molecule has 2 fully saturated rings. The van der Waals surface area contributed by atoms with Crippen molar-refractivity contribution in [3.63, 3.8) is 0 Å². The number of aromatic nitrogens is 2. The lowest BCUT2D eigenvalue weighted by Crippen LogP contribution is -2.58. The van der Waals surface area contributed by atoms with Crippen molar-refractivity contribution in [2.24, 2.45) is 7.05 Å². The Bertz CT molecular complexity index is 1760. The van der Waals surface area contributed by atoms with Gasteiger partial charge in [0, 0.05) is 44.6 Å². The molecule has 11 nitrogen and oxygen atoms in total. The normalized spacial score (nSPS) is 17.0. The standard InChI is InChI=1S/C32H33F3N6O5/c1-18(2)46-27-11-21(28-23(7-19(12-36)9-25(28)33)31(44)41-16-32(34,35)17-41)10-26(38-27)39-29(42)24-8-20(15-40(3)30(24)43)13-37-14-22-5-4-6-45-22/h7-11,15,18,22,37H,4-6,13-14,16-17H2,1-3H3,(H,38,39,42)/t22-/m0/s1. The van der Waals surface area contributed by atoms with Gasteiger partial charge in [0.2, 0.25) is 5.88 Å². The van der Waals surface area contributed by atoms with Crippen molar-refractivity contribution in [3.8, 4) is 23.1 Å². The molecule has 5 rings (SSSR count). The molecule has 1 aromatic carbocycles. The lowest BCUT2D eigenvalue weighted by atomic mass is 9.95. The molecule has 0 radical (unpaired) electrons. The Morgan fingerprint density at radius 3 is 2.61 bits per heavy atom. The van der Waals surface area contributed by atoms with Gasteiger partial charge in [0.25, 0.3) is 23.3 Å². The van der Waals surface area contributed by atoms with Gasteiger partial charge in [0.1, 0.15) is 17.2 Å². The third-order valence-corrected chi connectivity index (χ3v) is 7.48. The van der Waals surface area contributed by atoms with Crippen molar-refractivity contribution in [1.29, 1.82) is 5.26 Å². The second kappa shape index (κ2) is 13.3. The Balaban J connectivity index is 1.48. The number of nitrogens with one attached hydrogen (secondary N) is 2. The maximum absolute atomic E-state index is 15.6. The van der Waals surface area contributed by atoms with E-state index in [1.54, 1.807) is 26.1 Å². The lowest BCUT2D eigenvalue weighted by molar-refractivity contribution is -0.113. The molecule has 0 saturated carbocycles. The van der Waals surface area contributed by atoms with Crippen LogP contribution in [0, 0.1) is 17.1 Å². The number of alkyl halides is 2. The summed E-state index contributed by atoms with van der Waals surface area (Å²) in [5, 5.41) is 15.2. The van der Waals surface area contributed by atoms with Gasteiger partial charge in [-0.15, -0.1) is 0 Å². The molecule has 2 aliphatic rings. The number of amides is 2. The fourth-order valence-electron chi connectivity index (χ4n) is 5.38. The number of halogens is 3. The zero-order valence-corrected chi connectivity index (χ0v) is 25.5. The van der Waals surface area contributed by atoms with Gasteiger partial charge >= 0.3 is 0 Å². The van der Waals surface area contributed by atoms with Gasteiger partial charge in [-0.3, -0.25) is 14.4 Å². The minimum Gasteiger partial charge on any atom is -0.475 e. The number of aryl methyl sites for hydroxylation is 1. The van der Waals surface area contributed by atoms with Crippen molar-refractivity contribution in [1.82, 2.24) is 19.8 Å². The summed E-state index contributed by atoms with van der Waals surface area (Å²) in [5.74, 6) is -5.88. The summed E-state index contributed by atoms with van der Waals surface area (Å²) in [6.45, 7) is 3.47. The molecule has 2 aliphatic heterocycles. The number of pyridine rings is 2. The summed E-state index contributed by atoms with van der Waals surface area (Å²) in [4.78, 5) is 44.8. The van der Waals surface area contributed by atoms with Gasteiger partial charge in [0.05, 0.1) is 42.5 Å². The third kappa shape index (κ3) is 7.38. The van der Waals surface area contributed by atoms with Crippen molar-refractivity contribution in [2.45, 2.75) is 51.4 Å². The molecule has 2 saturated heterocycles. The van der Waals surface area contributed by atoms with E-state index in [2.05, 4.69) is 15.6 Å². The van der Waals surface area contributed by atoms with E-state index in [0.717, 1.165) is 36.5 Å². The molecule has 0 spiro atoms. The van der Waals surface area contributed by atoms with Crippen LogP contribution < -0.4 is 20.9 Å². The molecule has 0 aliphatic carbocycles. The van der Waals surface area contributed by atoms with Crippen LogP contribution in [0.3, 0.4) is 0 Å². The van der Waals surface area contributed by atoms with Crippen LogP contribution in [-0.2, 0) is 18.3 Å². The van der Waals surface area contributed by atoms with Crippen LogP contribution in [0.5, 0.6) is 5.88 Å². The quantitative estimate of drug-likeness (QED) is 0.342. The van der Waals surface area contributed by atoms with Crippen LogP contribution in [0.1, 0.15) is 58.5 Å². The van der Waals surface area contributed by atoms with Crippen molar-refractivity contribution in [2.75, 3.05) is 31.6 Å². The fraction of sp³-hybridized carbons (Fsp3) is 0.406. The molecular formula is C32H33F3N6O5. The molecule has 2 aromatic heterocycles. The van der Waals surface area contributed by atoms with Gasteiger partial charge in [-0.2, -0.15) is 10.2 Å². The fourth-order valence-corrected chi connectivity index (χ4v) is 5.38. The number of hydrogen-bond acceptors (Lipinski definition) is 8. The van der Waals surface area contributed by atoms with Crippen LogP contribution >= 0.6 is 0 Å². The second-order valence-electron chi connectivity index (χ2n) is 11.7. The van der Waals surface area contributed by atoms with Crippen molar-refractivity contribution in [3.05, 3.63) is 75.0 Å². The van der Waals surface area contributed by atoms with Crippen molar-refractivity contribution < 1.29 is 32.2 Å². The molecule has 4 heterocycles. The van der Waals surface area contributed by atoms with E-state index in [0.29, 0.717) is 18.7 Å². The van der Waals surface area contributed by atoms with Crippen LogP contribution in [0.2, 0.25) is 0 Å². The first kappa shape index (κ1) is 32.6. The van der Waals surface area contributed by atoms with Crippen LogP contribution in [0.4, 0.5) is 19.0 Å². The zero-order valence-electron chi connectivity index (χ0n) is 25.5. The Morgan fingerprint density at radius 1 is 1.20 bits per heavy atom. The SMILES string of the molecule is CC(C)Oc1cc(-c2c(F)cc(C#N)cc2C(=O)N2CC(F)(F)C2)cc(NC(=O)c2cc(CNC[C@@H]3CCCO3)cn(C)c2=O)n1. The Kier molecular flexibility index (Phi) is 9.45. The maximum atomic E-state index is 15.6. The number of likely N-dealkylation sites (tertiary alicyclic amines) is 1. The summed E-state index contributed by atoms with van der Waals surface area (Å²) in [7, 11) is 1.52. The number of carbonyl (C=O) groups is 2. The maximum Gasteiger partial charge on any atom is 0.282 e. The van der Waals surface area contributed by atoms with E-state index in [-0.39, 0.29) is 45.6 Å². The van der Waals surface area contributed by atoms with Crippen LogP contribution in [-0.4, -0.2) is 70.6 Å². The molecule has 2 amide bonds. The van der Waals surface area contributed by atoms with E-state index in [1.165, 1.54) is 29.8 Å². The summed E-state index contributed by atoms with van der Waals surface area (Å²) in [5.41, 5.74) is -0.819. The number of benzene rings is 1. The number of nitrogens with zero attached hydrogens (tertiary/aromatic N) is 4. The first-order chi connectivity index (χ1) is 21.8. The summed E-state index contributed by atoms with van der Waals surface area (Å²) >= 11 is 0. The number of rotatable bonds is 10.